The fourth-order valence-corrected chi connectivity index (χ4v) is 9.90. The number of hydrogen-bond donors (Lipinski definition) is 0. The highest BCUT2D eigenvalue weighted by Crippen LogP contribution is 2.58. The molecule has 1 heteroatoms. The lowest BCUT2D eigenvalue weighted by Crippen LogP contribution is -2.19. The van der Waals surface area contributed by atoms with Crippen LogP contribution < -0.4 is 4.90 Å². The van der Waals surface area contributed by atoms with Gasteiger partial charge in [-0.2, -0.15) is 0 Å². The molecule has 0 N–H and O–H groups in total. The van der Waals surface area contributed by atoms with Gasteiger partial charge in [0, 0.05) is 33.2 Å². The summed E-state index contributed by atoms with van der Waals surface area (Å²) in [5.74, 6) is 0. The summed E-state index contributed by atoms with van der Waals surface area (Å²) in [6.07, 6.45) is 0. The summed E-state index contributed by atoms with van der Waals surface area (Å²) in [4.78, 5) is 2.57. The zero-order valence-corrected chi connectivity index (χ0v) is 29.7. The molecule has 7 aromatic carbocycles. The van der Waals surface area contributed by atoms with Crippen molar-refractivity contribution in [2.45, 2.75) is 57.8 Å². The number of fused-ring (bicyclic) bond motifs is 11. The van der Waals surface area contributed by atoms with E-state index in [1.165, 1.54) is 94.6 Å². The summed E-state index contributed by atoms with van der Waals surface area (Å²) in [6.45, 7) is 14.3. The Morgan fingerprint density at radius 3 is 1.38 bits per heavy atom. The van der Waals surface area contributed by atoms with Crippen LogP contribution in [-0.2, 0) is 16.2 Å². The van der Waals surface area contributed by atoms with E-state index in [1.807, 2.05) is 0 Å². The summed E-state index contributed by atoms with van der Waals surface area (Å²) in [6, 6.07) is 52.8. The number of benzene rings is 7. The fourth-order valence-electron chi connectivity index (χ4n) is 9.90. The smallest absolute Gasteiger partial charge is 0.0549 e. The molecule has 10 rings (SSSR count). The summed E-state index contributed by atoms with van der Waals surface area (Å²) in [7, 11) is 0. The third-order valence-corrected chi connectivity index (χ3v) is 12.4. The maximum absolute atomic E-state index is 2.57. The van der Waals surface area contributed by atoms with E-state index in [4.69, 9.17) is 0 Å². The summed E-state index contributed by atoms with van der Waals surface area (Å²) in [5.41, 5.74) is 19.7. The van der Waals surface area contributed by atoms with E-state index in [0.29, 0.717) is 0 Å². The Balaban J connectivity index is 1.29. The van der Waals surface area contributed by atoms with Gasteiger partial charge in [0.05, 0.1) is 5.69 Å². The van der Waals surface area contributed by atoms with Crippen LogP contribution in [0.3, 0.4) is 0 Å². The average Bonchev–Trinajstić information content (AvgIpc) is 3.62. The molecular formula is C49H41N. The van der Waals surface area contributed by atoms with Crippen molar-refractivity contribution in [1.29, 1.82) is 0 Å². The molecule has 0 saturated heterocycles. The van der Waals surface area contributed by atoms with E-state index in [2.05, 4.69) is 186 Å². The molecule has 50 heavy (non-hydrogen) atoms. The van der Waals surface area contributed by atoms with Crippen molar-refractivity contribution in [3.05, 3.63) is 173 Å². The Morgan fingerprint density at radius 1 is 0.380 bits per heavy atom. The van der Waals surface area contributed by atoms with Gasteiger partial charge in [-0.15, -0.1) is 0 Å². The molecule has 0 radical (unpaired) electrons. The van der Waals surface area contributed by atoms with Gasteiger partial charge in [-0.1, -0.05) is 151 Å². The molecule has 7 aromatic rings. The number of hydrogen-bond acceptors (Lipinski definition) is 1. The third-order valence-electron chi connectivity index (χ3n) is 12.4. The van der Waals surface area contributed by atoms with Crippen molar-refractivity contribution in [2.24, 2.45) is 0 Å². The molecule has 0 saturated carbocycles. The van der Waals surface area contributed by atoms with Crippen LogP contribution in [0.15, 0.2) is 140 Å². The SMILES string of the molecule is CC1(C)c2ccccc2-c2ccc(N(c3ccc4c(c3)C(C)(C)c3ccccc3-4)c3cc4ccccc4c4c3-c3ccccc3C4(C)C)cc21. The number of nitrogens with zero attached hydrogens (tertiary/aromatic N) is 1. The molecule has 3 aliphatic rings. The molecule has 0 atom stereocenters. The Kier molecular flexibility index (Phi) is 5.82. The molecule has 242 valence electrons. The quantitative estimate of drug-likeness (QED) is 0.185. The van der Waals surface area contributed by atoms with Gasteiger partial charge in [0.1, 0.15) is 0 Å². The van der Waals surface area contributed by atoms with Gasteiger partial charge in [0.25, 0.3) is 0 Å². The van der Waals surface area contributed by atoms with Gasteiger partial charge < -0.3 is 4.90 Å². The van der Waals surface area contributed by atoms with Crippen molar-refractivity contribution in [2.75, 3.05) is 4.90 Å². The lowest BCUT2D eigenvalue weighted by molar-refractivity contribution is 0.660. The second-order valence-electron chi connectivity index (χ2n) is 16.2. The van der Waals surface area contributed by atoms with Gasteiger partial charge >= 0.3 is 0 Å². The van der Waals surface area contributed by atoms with E-state index < -0.39 is 0 Å². The van der Waals surface area contributed by atoms with Crippen LogP contribution in [0, 0.1) is 0 Å². The standard InChI is InChI=1S/C49H41N/c1-47(2)39-20-12-9-17-34(39)36-25-23-31(28-42(36)47)50(32-24-26-37-35-18-10-13-21-40(35)48(3,4)43(37)29-32)44-27-30-15-7-8-16-33(30)46-45(44)38-19-11-14-22-41(38)49(46,5)6/h7-29H,1-6H3. The highest BCUT2D eigenvalue weighted by atomic mass is 15.1. The lowest BCUT2D eigenvalue weighted by atomic mass is 9.80. The first-order chi connectivity index (χ1) is 24.1. The Bertz CT molecular complexity index is 2470. The van der Waals surface area contributed by atoms with Gasteiger partial charge in [-0.05, 0) is 102 Å². The van der Waals surface area contributed by atoms with Crippen molar-refractivity contribution < 1.29 is 0 Å². The van der Waals surface area contributed by atoms with E-state index >= 15 is 0 Å². The van der Waals surface area contributed by atoms with Gasteiger partial charge in [-0.25, -0.2) is 0 Å². The van der Waals surface area contributed by atoms with Crippen LogP contribution in [0.2, 0.25) is 0 Å². The molecule has 0 spiro atoms. The van der Waals surface area contributed by atoms with E-state index in [9.17, 15) is 0 Å². The van der Waals surface area contributed by atoms with Crippen LogP contribution in [0.25, 0.3) is 44.2 Å². The maximum Gasteiger partial charge on any atom is 0.0549 e. The lowest BCUT2D eigenvalue weighted by Gasteiger charge is -2.32. The van der Waals surface area contributed by atoms with Crippen molar-refractivity contribution in [3.8, 4) is 33.4 Å². The molecule has 0 amide bonds. The van der Waals surface area contributed by atoms with Crippen molar-refractivity contribution in [3.63, 3.8) is 0 Å². The molecule has 0 fully saturated rings. The molecule has 0 bridgehead atoms. The molecule has 0 heterocycles. The zero-order chi connectivity index (χ0) is 34.2. The van der Waals surface area contributed by atoms with Crippen LogP contribution in [0.5, 0.6) is 0 Å². The van der Waals surface area contributed by atoms with E-state index in [1.54, 1.807) is 0 Å². The molecule has 3 aliphatic carbocycles. The highest BCUT2D eigenvalue weighted by molar-refractivity contribution is 6.06. The zero-order valence-electron chi connectivity index (χ0n) is 29.7. The monoisotopic (exact) mass is 643 g/mol. The maximum atomic E-state index is 2.57. The van der Waals surface area contributed by atoms with Crippen molar-refractivity contribution in [1.82, 2.24) is 0 Å². The molecule has 1 nitrogen and oxygen atoms in total. The Labute approximate surface area is 295 Å². The van der Waals surface area contributed by atoms with E-state index in [0.717, 1.165) is 0 Å². The summed E-state index contributed by atoms with van der Waals surface area (Å²) >= 11 is 0. The van der Waals surface area contributed by atoms with Crippen LogP contribution in [0.4, 0.5) is 17.1 Å². The second-order valence-corrected chi connectivity index (χ2v) is 16.2. The fraction of sp³-hybridized carbons (Fsp3) is 0.184. The van der Waals surface area contributed by atoms with Crippen LogP contribution in [0.1, 0.15) is 74.9 Å². The predicted octanol–water partition coefficient (Wildman–Crippen LogP) is 13.2. The highest BCUT2D eigenvalue weighted by Gasteiger charge is 2.41. The minimum absolute atomic E-state index is 0.102. The van der Waals surface area contributed by atoms with Crippen molar-refractivity contribution >= 4 is 27.8 Å². The average molecular weight is 644 g/mol. The van der Waals surface area contributed by atoms with Crippen LogP contribution in [-0.4, -0.2) is 0 Å². The number of rotatable bonds is 3. The molecule has 0 aliphatic heterocycles. The Hall–Kier alpha value is -5.40. The number of anilines is 3. The molecule has 0 unspecified atom stereocenters. The first-order valence-corrected chi connectivity index (χ1v) is 18.0. The van der Waals surface area contributed by atoms with Crippen LogP contribution >= 0.6 is 0 Å². The Morgan fingerprint density at radius 2 is 0.820 bits per heavy atom. The predicted molar refractivity (Wildman–Crippen MR) is 211 cm³/mol. The third kappa shape index (κ3) is 3.73. The first kappa shape index (κ1) is 29.5. The second kappa shape index (κ2) is 9.86. The van der Waals surface area contributed by atoms with Gasteiger partial charge in [0.2, 0.25) is 0 Å². The summed E-state index contributed by atoms with van der Waals surface area (Å²) in [5, 5.41) is 2.61. The topological polar surface area (TPSA) is 3.24 Å². The van der Waals surface area contributed by atoms with E-state index in [-0.39, 0.29) is 16.2 Å². The van der Waals surface area contributed by atoms with Gasteiger partial charge in [0.15, 0.2) is 0 Å². The normalized spacial score (nSPS) is 16.3. The molecule has 0 aromatic heterocycles. The minimum atomic E-state index is -0.143. The van der Waals surface area contributed by atoms with Gasteiger partial charge in [-0.3, -0.25) is 0 Å². The largest absolute Gasteiger partial charge is 0.310 e. The summed E-state index contributed by atoms with van der Waals surface area (Å²) < 4.78 is 0. The minimum Gasteiger partial charge on any atom is -0.310 e. The first-order valence-electron chi connectivity index (χ1n) is 18.0. The molecular weight excluding hydrogens is 603 g/mol.